The molecule has 12 heterocycles. The number of aryl methyl sites for hydroxylation is 8. The van der Waals surface area contributed by atoms with E-state index in [1.54, 1.807) is 18.2 Å². The highest BCUT2D eigenvalue weighted by atomic mass is 16.6. The molecule has 2 fully saturated rings. The predicted molar refractivity (Wildman–Crippen MR) is 542 cm³/mol. The van der Waals surface area contributed by atoms with E-state index in [-0.39, 0.29) is 59.9 Å². The summed E-state index contributed by atoms with van der Waals surface area (Å²) in [7, 11) is 4.03. The van der Waals surface area contributed by atoms with Crippen LogP contribution < -0.4 is 73.8 Å². The zero-order valence-electron chi connectivity index (χ0n) is 74.9. The molecule has 23 rings (SSSR count). The molecule has 2 aromatic heterocycles. The smallest absolute Gasteiger partial charge is 0.324 e. The van der Waals surface area contributed by atoms with E-state index in [0.717, 1.165) is 220 Å². The van der Waals surface area contributed by atoms with Crippen LogP contribution in [0.1, 0.15) is 60.4 Å². The minimum Gasteiger partial charge on any atom is -0.446 e. The molecule has 30 heteroatoms. The maximum atomic E-state index is 12.1. The number of fused-ring (bicyclic) bond motifs is 9. The summed E-state index contributed by atoms with van der Waals surface area (Å²) in [4.78, 5) is 38.7. The zero-order chi connectivity index (χ0) is 91.9. The lowest BCUT2D eigenvalue weighted by molar-refractivity contribution is -0.384. The summed E-state index contributed by atoms with van der Waals surface area (Å²) in [5.41, 5.74) is 33.9. The third-order valence-corrected chi connectivity index (χ3v) is 26.8. The minimum atomic E-state index is -0.519. The van der Waals surface area contributed by atoms with Gasteiger partial charge in [-0.05, 0) is 271 Å². The molecule has 664 valence electrons. The number of carbonyl (C=O) groups is 1. The van der Waals surface area contributed by atoms with Crippen molar-refractivity contribution in [2.75, 3.05) is 91.9 Å². The first-order chi connectivity index (χ1) is 64.1. The van der Waals surface area contributed by atoms with Crippen LogP contribution in [0.5, 0.6) is 11.6 Å². The van der Waals surface area contributed by atoms with E-state index in [2.05, 4.69) is 174 Å². The number of benzene rings is 11. The minimum absolute atomic E-state index is 0.0553. The number of nitrogen functional groups attached to an aromatic ring is 1. The third kappa shape index (κ3) is 22.7. The summed E-state index contributed by atoms with van der Waals surface area (Å²) in [6.45, 7) is 12.0. The van der Waals surface area contributed by atoms with Gasteiger partial charge in [0, 0.05) is 124 Å². The number of nitro groups is 1. The fourth-order valence-electron chi connectivity index (χ4n) is 19.3. The lowest BCUT2D eigenvalue weighted by Crippen LogP contribution is -2.46. The number of morpholine rings is 1. The number of nitrogens with two attached hydrogens (primary N) is 1. The van der Waals surface area contributed by atoms with Gasteiger partial charge in [-0.25, -0.2) is 9.83 Å². The average molecular weight is 1760 g/mol. The summed E-state index contributed by atoms with van der Waals surface area (Å²) in [5.74, 6) is 1.29. The SMILES string of the molecule is CN(C)c1ccc2c(c1)B(O)CC2.Nc1ccc2c(c1)B(O)CC2.O=C(Cc1ccc2c(c1)B(O)CC2)c1ccccc1.O=[N+]([O-])c1ccc2c(c1)B(O)CC2.OB1CCc2ccc(-n3ccc4ccccc43)cc21.OB1CCc2ccc(N3CCN(c4ccccc4)CC3)cc21.OB1CCc2ccc(N3CCOCC3)cc21.[C-]#[N+]c1ccc(Oc2ccc3c(c2)CCB3O)nc1. The molecule has 10 aliphatic heterocycles. The van der Waals surface area contributed by atoms with Crippen LogP contribution in [-0.2, 0) is 62.5 Å². The van der Waals surface area contributed by atoms with Gasteiger partial charge in [0.25, 0.3) is 5.69 Å². The lowest BCUT2D eigenvalue weighted by atomic mass is 9.63. The van der Waals surface area contributed by atoms with E-state index in [1.807, 2.05) is 99.0 Å². The maximum Gasteiger partial charge on any atom is 0.324 e. The van der Waals surface area contributed by atoms with Crippen molar-refractivity contribution in [2.24, 2.45) is 0 Å². The van der Waals surface area contributed by atoms with E-state index >= 15 is 0 Å². The Morgan fingerprint density at radius 3 is 1.42 bits per heavy atom. The number of anilines is 5. The first kappa shape index (κ1) is 92.9. The van der Waals surface area contributed by atoms with Crippen molar-refractivity contribution in [3.8, 4) is 17.3 Å². The van der Waals surface area contributed by atoms with Gasteiger partial charge in [0.2, 0.25) is 11.6 Å². The number of piperazine rings is 1. The highest BCUT2D eigenvalue weighted by Crippen LogP contribution is 2.30. The highest BCUT2D eigenvalue weighted by molar-refractivity contribution is 6.71. The van der Waals surface area contributed by atoms with Crippen LogP contribution in [0.15, 0.2) is 261 Å². The van der Waals surface area contributed by atoms with Crippen LogP contribution in [0.4, 0.5) is 39.8 Å². The number of pyridine rings is 1. The van der Waals surface area contributed by atoms with Crippen molar-refractivity contribution in [3.63, 3.8) is 0 Å². The normalized spacial score (nSPS) is 15.3. The molecule has 11 aromatic carbocycles. The Kier molecular flexibility index (Phi) is 30.5. The molecule has 0 unspecified atom stereocenters. The second-order valence-electron chi connectivity index (χ2n) is 35.5. The van der Waals surface area contributed by atoms with E-state index in [4.69, 9.17) is 21.8 Å². The number of rotatable bonds is 11. The number of carbonyl (C=O) groups excluding carboxylic acids is 1. The Labute approximate surface area is 775 Å². The quantitative estimate of drug-likeness (QED) is 0.0145. The predicted octanol–water partition coefficient (Wildman–Crippen LogP) is 9.29. The van der Waals surface area contributed by atoms with Crippen LogP contribution >= 0.6 is 0 Å². The first-order valence-electron chi connectivity index (χ1n) is 46.2. The number of aromatic nitrogens is 2. The molecule has 10 aliphatic rings. The fraction of sp³-hybridized carbons (Fsp3) is 0.265. The molecular formula is C102H109B8N9O13. The van der Waals surface area contributed by atoms with Crippen molar-refractivity contribution >= 4 is 156 Å². The van der Waals surface area contributed by atoms with E-state index < -0.39 is 11.8 Å². The second kappa shape index (κ2) is 43.3. The maximum absolute atomic E-state index is 12.1. The molecule has 0 saturated carbocycles. The number of non-ortho nitro benzene ring substituents is 1. The van der Waals surface area contributed by atoms with Crippen molar-refractivity contribution in [3.05, 3.63) is 338 Å². The molecule has 0 radical (unpaired) electrons. The summed E-state index contributed by atoms with van der Waals surface area (Å²) in [6, 6.07) is 81.7. The number of hydrogen-bond acceptors (Lipinski definition) is 19. The van der Waals surface area contributed by atoms with Gasteiger partial charge in [0.1, 0.15) is 5.75 Å². The number of Topliss-reactive ketones (excluding diaryl/α,β-unsaturated/α-hetero) is 1. The molecule has 0 atom stereocenters. The molecule has 2 saturated heterocycles. The van der Waals surface area contributed by atoms with E-state index in [0.29, 0.717) is 35.5 Å². The third-order valence-electron chi connectivity index (χ3n) is 26.8. The first-order valence-corrected chi connectivity index (χ1v) is 46.2. The van der Waals surface area contributed by atoms with Gasteiger partial charge >= 0.3 is 55.3 Å². The molecule has 0 aliphatic carbocycles. The summed E-state index contributed by atoms with van der Waals surface area (Å²) in [5, 5.41) is 89.8. The second-order valence-corrected chi connectivity index (χ2v) is 35.5. The van der Waals surface area contributed by atoms with Gasteiger partial charge in [-0.3, -0.25) is 14.9 Å². The molecule has 0 bridgehead atoms. The van der Waals surface area contributed by atoms with Crippen molar-refractivity contribution < 1.29 is 59.4 Å². The number of ketones is 1. The standard InChI is InChI=1S/C18H21BN2O.C16H14BNO.C16H15BO2.C14H11BN2O2.C12H16BNO2.C10H14BNO.C8H8BNO3.C8H10BNO/c22-19-9-8-15-6-7-17(14-18(15)19)21-12-10-20(11-13-21)16-4-2-1-3-5-16;19-17-9-7-12-5-6-14(11-15(12)17)18-10-8-13-3-1-2-4-16(13)18;18-16(14-4-2-1-3-5-14)11-12-6-7-13-8-9-17(19)15(13)10-12;1-16-11-2-5-14(17-9-11)19-12-3-4-13-10(8-12)6-7-15(13)18;15-13-4-3-10-1-2-11(9-12(10)13)14-5-7-16-8-6-14;1-12(2)9-4-3-8-5-6-11(13)10(8)7-9;11-9-4-3-6-1-2-7(10(12)13)5-8(6)9;10-7-2-1-6-3-4-9(11)8(6)5-7/h1-7,14,22H,8-13H2;1-6,8,10-11,19H,7,9H2;1-7,10,19H,8-9,11H2;2-5,8-9,18H,6-7H2;1-2,9,15H,3-8H2;3-4,7,13H,5-6H2,1-2H3;1-2,5,11H,3-4H2;1-2,5,11H,3-4,10H2. The Morgan fingerprint density at radius 1 is 0.447 bits per heavy atom. The Balaban J connectivity index is 0.000000111. The molecule has 10 N–H and O–H groups in total. The van der Waals surface area contributed by atoms with Crippen molar-refractivity contribution in [2.45, 2.75) is 108 Å². The van der Waals surface area contributed by atoms with Crippen LogP contribution in [0.3, 0.4) is 0 Å². The number of ether oxygens (including phenoxy) is 2. The highest BCUT2D eigenvalue weighted by Gasteiger charge is 2.33. The molecule has 22 nitrogen and oxygen atoms in total. The molecule has 13 aromatic rings. The van der Waals surface area contributed by atoms with Crippen molar-refractivity contribution in [1.29, 1.82) is 0 Å². The van der Waals surface area contributed by atoms with Gasteiger partial charge in [0.15, 0.2) is 5.78 Å². The number of nitro benzene ring substituents is 1. The van der Waals surface area contributed by atoms with Crippen LogP contribution in [0.2, 0.25) is 50.6 Å². The number of hydrogen-bond donors (Lipinski definition) is 9. The summed E-state index contributed by atoms with van der Waals surface area (Å²) < 4.78 is 13.2. The molecule has 0 amide bonds. The molecular weight excluding hydrogens is 1650 g/mol. The Morgan fingerprint density at radius 2 is 0.886 bits per heavy atom. The van der Waals surface area contributed by atoms with Gasteiger partial charge in [0.05, 0.1) is 30.2 Å². The van der Waals surface area contributed by atoms with Gasteiger partial charge in [-0.2, -0.15) is 0 Å². The van der Waals surface area contributed by atoms with Gasteiger partial charge < -0.3 is 79.6 Å². The van der Waals surface area contributed by atoms with Gasteiger partial charge in [-0.15, -0.1) is 0 Å². The lowest BCUT2D eigenvalue weighted by Gasteiger charge is -2.37. The van der Waals surface area contributed by atoms with Crippen LogP contribution in [0, 0.1) is 16.7 Å². The average Bonchev–Trinajstić information content (AvgIpc) is 1.63. The van der Waals surface area contributed by atoms with E-state index in [1.165, 1.54) is 85.4 Å². The summed E-state index contributed by atoms with van der Waals surface area (Å²) in [6.07, 6.45) is 18.2. The molecule has 132 heavy (non-hydrogen) atoms. The monoisotopic (exact) mass is 1760 g/mol. The zero-order valence-corrected chi connectivity index (χ0v) is 74.9. The Bertz CT molecular complexity index is 6250. The molecule has 0 spiro atoms. The Hall–Kier alpha value is -12.4. The fourth-order valence-corrected chi connectivity index (χ4v) is 19.3. The summed E-state index contributed by atoms with van der Waals surface area (Å²) >= 11 is 0. The topological polar surface area (TPSA) is 302 Å². The van der Waals surface area contributed by atoms with Gasteiger partial charge in [-0.1, -0.05) is 166 Å². The number of para-hydroxylation sites is 2. The van der Waals surface area contributed by atoms with Crippen LogP contribution in [0.25, 0.3) is 21.4 Å². The van der Waals surface area contributed by atoms with Crippen molar-refractivity contribution in [1.82, 2.24) is 9.55 Å². The number of nitrogens with zero attached hydrogens (tertiary/aromatic N) is 8. The van der Waals surface area contributed by atoms with Crippen LogP contribution in [-0.4, -0.2) is 182 Å². The largest absolute Gasteiger partial charge is 0.446 e. The van der Waals surface area contributed by atoms with E-state index in [9.17, 15) is 55.1 Å².